The summed E-state index contributed by atoms with van der Waals surface area (Å²) in [6.07, 6.45) is 2.01. The molecule has 5 heteroatoms. The van der Waals surface area contributed by atoms with Gasteiger partial charge in [-0.2, -0.15) is 8.42 Å². The number of aliphatic hydroxyl groups is 1. The Morgan fingerprint density at radius 2 is 1.62 bits per heavy atom. The molecule has 1 aliphatic carbocycles. The van der Waals surface area contributed by atoms with Gasteiger partial charge in [0.15, 0.2) is 0 Å². The number of hydrogen-bond acceptors (Lipinski definition) is 3. The third-order valence-corrected chi connectivity index (χ3v) is 4.19. The third kappa shape index (κ3) is 3.58. The smallest absolute Gasteiger partial charge is 0.294 e. The first kappa shape index (κ1) is 15.4. The minimum Gasteiger partial charge on any atom is -0.392 e. The van der Waals surface area contributed by atoms with Gasteiger partial charge in [0.05, 0.1) is 11.5 Å². The molecular formula is C16H16O4S. The Morgan fingerprint density at radius 1 is 1.00 bits per heavy atom. The van der Waals surface area contributed by atoms with Gasteiger partial charge in [-0.25, -0.2) is 0 Å². The second-order valence-electron chi connectivity index (χ2n) is 4.66. The van der Waals surface area contributed by atoms with Gasteiger partial charge >= 0.3 is 0 Å². The lowest BCUT2D eigenvalue weighted by atomic mass is 9.89. The summed E-state index contributed by atoms with van der Waals surface area (Å²) in [7, 11) is -4.03. The summed E-state index contributed by atoms with van der Waals surface area (Å²) in [4.78, 5) is -0.0278. The van der Waals surface area contributed by atoms with Gasteiger partial charge in [0.1, 0.15) is 0 Å². The number of fused-ring (bicyclic) bond motifs is 1. The lowest BCUT2D eigenvalue weighted by molar-refractivity contribution is 0.350. The first-order chi connectivity index (χ1) is 9.93. The van der Waals surface area contributed by atoms with Gasteiger partial charge < -0.3 is 5.11 Å². The van der Waals surface area contributed by atoms with Gasteiger partial charge in [-0.3, -0.25) is 4.55 Å². The van der Waals surface area contributed by atoms with Crippen LogP contribution in [0.25, 0.3) is 11.6 Å². The number of rotatable bonds is 2. The van der Waals surface area contributed by atoms with Crippen molar-refractivity contribution in [1.82, 2.24) is 0 Å². The predicted molar refractivity (Wildman–Crippen MR) is 82.4 cm³/mol. The Kier molecular flexibility index (Phi) is 4.57. The maximum atomic E-state index is 10.6. The molecule has 0 heterocycles. The van der Waals surface area contributed by atoms with Crippen LogP contribution in [-0.2, 0) is 10.1 Å². The molecule has 3 rings (SSSR count). The molecule has 110 valence electrons. The highest BCUT2D eigenvalue weighted by Crippen LogP contribution is 2.30. The molecule has 0 aliphatic heterocycles. The van der Waals surface area contributed by atoms with Crippen LogP contribution in [0.1, 0.15) is 16.7 Å². The fourth-order valence-corrected chi connectivity index (χ4v) is 2.81. The summed E-state index contributed by atoms with van der Waals surface area (Å²) in [5.74, 6) is 0. The van der Waals surface area contributed by atoms with E-state index in [2.05, 4.69) is 6.07 Å². The number of benzene rings is 2. The monoisotopic (exact) mass is 304 g/mol. The van der Waals surface area contributed by atoms with Crippen LogP contribution in [0.15, 0.2) is 53.4 Å². The Balaban J connectivity index is 0.000000154. The zero-order chi connectivity index (χ0) is 15.5. The van der Waals surface area contributed by atoms with Crippen molar-refractivity contribution in [3.8, 4) is 0 Å². The van der Waals surface area contributed by atoms with E-state index in [4.69, 9.17) is 9.66 Å². The summed E-state index contributed by atoms with van der Waals surface area (Å²) in [6, 6.07) is 14.3. The molecule has 0 amide bonds. The van der Waals surface area contributed by atoms with Gasteiger partial charge in [-0.1, -0.05) is 42.5 Å². The van der Waals surface area contributed by atoms with E-state index in [0.717, 1.165) is 5.57 Å². The van der Waals surface area contributed by atoms with Crippen molar-refractivity contribution in [3.05, 3.63) is 65.2 Å². The summed E-state index contributed by atoms with van der Waals surface area (Å²) >= 11 is 0. The van der Waals surface area contributed by atoms with Crippen LogP contribution in [0.4, 0.5) is 0 Å². The lowest BCUT2D eigenvalue weighted by Gasteiger charge is -2.16. The maximum Gasteiger partial charge on any atom is 0.294 e. The number of hydrogen-bond donors (Lipinski definition) is 2. The molecule has 21 heavy (non-hydrogen) atoms. The second kappa shape index (κ2) is 6.22. The van der Waals surface area contributed by atoms with E-state index >= 15 is 0 Å². The van der Waals surface area contributed by atoms with Crippen molar-refractivity contribution < 1.29 is 18.1 Å². The van der Waals surface area contributed by atoms with E-state index in [1.807, 2.05) is 24.3 Å². The Labute approximate surface area is 124 Å². The zero-order valence-electron chi connectivity index (χ0n) is 11.5. The van der Waals surface area contributed by atoms with Crippen LogP contribution in [0.2, 0.25) is 0 Å². The summed E-state index contributed by atoms with van der Waals surface area (Å²) in [5.41, 5.74) is 4.04. The van der Waals surface area contributed by atoms with E-state index < -0.39 is 10.1 Å². The average molecular weight is 304 g/mol. The zero-order valence-corrected chi connectivity index (χ0v) is 12.3. The summed E-state index contributed by atoms with van der Waals surface area (Å²) in [6.45, 7) is 1.79. The van der Waals surface area contributed by atoms with E-state index in [9.17, 15) is 8.42 Å². The molecule has 0 spiro atoms. The quantitative estimate of drug-likeness (QED) is 0.837. The molecule has 0 saturated carbocycles. The Morgan fingerprint density at radius 3 is 2.14 bits per heavy atom. The van der Waals surface area contributed by atoms with Crippen LogP contribution >= 0.6 is 0 Å². The Bertz CT molecular complexity index is 776. The molecule has 2 aromatic rings. The van der Waals surface area contributed by atoms with Crippen LogP contribution in [0.3, 0.4) is 0 Å². The highest BCUT2D eigenvalue weighted by Gasteiger charge is 2.12. The van der Waals surface area contributed by atoms with E-state index in [1.54, 1.807) is 25.1 Å². The number of aliphatic hydroxyl groups excluding tert-OH is 1. The van der Waals surface area contributed by atoms with Crippen molar-refractivity contribution in [3.63, 3.8) is 0 Å². The van der Waals surface area contributed by atoms with Gasteiger partial charge in [0.25, 0.3) is 10.1 Å². The molecule has 2 N–H and O–H groups in total. The van der Waals surface area contributed by atoms with Crippen molar-refractivity contribution in [2.75, 3.05) is 6.61 Å². The fourth-order valence-electron chi connectivity index (χ4n) is 2.08. The van der Waals surface area contributed by atoms with Crippen LogP contribution < -0.4 is 0 Å². The van der Waals surface area contributed by atoms with Crippen LogP contribution in [-0.4, -0.2) is 24.7 Å². The Hall–Kier alpha value is -1.95. The van der Waals surface area contributed by atoms with Gasteiger partial charge in [0.2, 0.25) is 0 Å². The van der Waals surface area contributed by atoms with Crippen LogP contribution in [0.5, 0.6) is 0 Å². The molecule has 0 radical (unpaired) electrons. The normalized spacial score (nSPS) is 12.4. The molecule has 4 nitrogen and oxygen atoms in total. The standard InChI is InChI=1S/C9H8O.C7H8O3S/c10-6-8-5-7-3-1-2-4-9(7)8;1-6-4-2-3-5-7(6)11(8,9)10/h1-5,10H,6H2;2-5H,1H3,(H,8,9,10). The predicted octanol–water partition coefficient (Wildman–Crippen LogP) is 2.77. The highest BCUT2D eigenvalue weighted by molar-refractivity contribution is 7.85. The molecule has 1 aliphatic rings. The fraction of sp³-hybridized carbons (Fsp3) is 0.125. The molecule has 0 aromatic heterocycles. The SMILES string of the molecule is Cc1ccccc1S(=O)(=O)O.OCC1=Cc2ccccc21. The maximum absolute atomic E-state index is 10.6. The van der Waals surface area contributed by atoms with E-state index in [1.165, 1.54) is 17.2 Å². The van der Waals surface area contributed by atoms with E-state index in [-0.39, 0.29) is 11.5 Å². The largest absolute Gasteiger partial charge is 0.392 e. The van der Waals surface area contributed by atoms with Gasteiger partial charge in [-0.05, 0) is 41.3 Å². The average Bonchev–Trinajstić information content (AvgIpc) is 2.40. The molecule has 0 unspecified atom stereocenters. The molecule has 0 bridgehead atoms. The summed E-state index contributed by atoms with van der Waals surface area (Å²) in [5, 5.41) is 8.76. The topological polar surface area (TPSA) is 74.6 Å². The van der Waals surface area contributed by atoms with Crippen LogP contribution in [0, 0.1) is 6.92 Å². The van der Waals surface area contributed by atoms with Crippen molar-refractivity contribution in [1.29, 1.82) is 0 Å². The molecular weight excluding hydrogens is 288 g/mol. The third-order valence-electron chi connectivity index (χ3n) is 3.18. The first-order valence-corrected chi connectivity index (χ1v) is 7.81. The minimum atomic E-state index is -4.03. The van der Waals surface area contributed by atoms with E-state index in [0.29, 0.717) is 5.56 Å². The van der Waals surface area contributed by atoms with Crippen molar-refractivity contribution >= 4 is 21.8 Å². The number of aryl methyl sites for hydroxylation is 1. The van der Waals surface area contributed by atoms with Gasteiger partial charge in [0, 0.05) is 0 Å². The molecule has 2 aromatic carbocycles. The minimum absolute atomic E-state index is 0.0278. The molecule has 0 atom stereocenters. The lowest BCUT2D eigenvalue weighted by Crippen LogP contribution is -2.01. The van der Waals surface area contributed by atoms with Gasteiger partial charge in [-0.15, -0.1) is 0 Å². The first-order valence-electron chi connectivity index (χ1n) is 6.37. The second-order valence-corrected chi connectivity index (χ2v) is 6.05. The highest BCUT2D eigenvalue weighted by atomic mass is 32.2. The van der Waals surface area contributed by atoms with Crippen molar-refractivity contribution in [2.45, 2.75) is 11.8 Å². The van der Waals surface area contributed by atoms with Crippen molar-refractivity contribution in [2.24, 2.45) is 0 Å². The summed E-state index contributed by atoms with van der Waals surface area (Å²) < 4.78 is 29.9. The molecule has 0 saturated heterocycles. The molecule has 0 fully saturated rings.